The normalized spacial score (nSPS) is 11.6. The molecule has 0 unspecified atom stereocenters. The zero-order chi connectivity index (χ0) is 23.4. The van der Waals surface area contributed by atoms with Gasteiger partial charge < -0.3 is 4.74 Å². The summed E-state index contributed by atoms with van der Waals surface area (Å²) in [6.07, 6.45) is 1.35. The molecule has 0 saturated carbocycles. The van der Waals surface area contributed by atoms with Crippen molar-refractivity contribution in [3.8, 4) is 5.75 Å². The third kappa shape index (κ3) is 5.10. The molecule has 4 rings (SSSR count). The molecule has 0 radical (unpaired) electrons. The highest BCUT2D eigenvalue weighted by molar-refractivity contribution is 7.89. The number of aryl methyl sites for hydroxylation is 2. The first-order valence-electron chi connectivity index (χ1n) is 10.3. The van der Waals surface area contributed by atoms with E-state index in [1.54, 1.807) is 36.4 Å². The van der Waals surface area contributed by atoms with Crippen molar-refractivity contribution in [2.45, 2.75) is 18.7 Å². The molecule has 0 aromatic heterocycles. The van der Waals surface area contributed by atoms with Gasteiger partial charge in [0.15, 0.2) is 0 Å². The maximum atomic E-state index is 12.7. The fourth-order valence-corrected chi connectivity index (χ4v) is 4.15. The lowest BCUT2D eigenvalue weighted by molar-refractivity contribution is 0.0734. The zero-order valence-electron chi connectivity index (χ0n) is 18.1. The molecular formula is C26H22N2O4S. The Hall–Kier alpha value is -3.97. The highest BCUT2D eigenvalue weighted by Gasteiger charge is 2.15. The number of benzene rings is 4. The van der Waals surface area contributed by atoms with Gasteiger partial charge >= 0.3 is 5.97 Å². The molecule has 0 aliphatic carbocycles. The van der Waals surface area contributed by atoms with Gasteiger partial charge in [-0.05, 0) is 55.0 Å². The Bertz CT molecular complexity index is 1460. The quantitative estimate of drug-likeness (QED) is 0.191. The van der Waals surface area contributed by atoms with Crippen LogP contribution in [0.3, 0.4) is 0 Å². The Kier molecular flexibility index (Phi) is 6.24. The Morgan fingerprint density at radius 2 is 1.64 bits per heavy atom. The van der Waals surface area contributed by atoms with Crippen LogP contribution in [0.1, 0.15) is 27.0 Å². The molecule has 0 atom stereocenters. The molecule has 0 fully saturated rings. The summed E-state index contributed by atoms with van der Waals surface area (Å²) >= 11 is 0. The summed E-state index contributed by atoms with van der Waals surface area (Å²) in [6, 6.07) is 24.6. The second-order valence-electron chi connectivity index (χ2n) is 7.62. The van der Waals surface area contributed by atoms with Crippen LogP contribution in [0.15, 0.2) is 94.9 Å². The van der Waals surface area contributed by atoms with Gasteiger partial charge in [0.05, 0.1) is 16.7 Å². The average Bonchev–Trinajstić information content (AvgIpc) is 2.80. The second kappa shape index (κ2) is 9.26. The lowest BCUT2D eigenvalue weighted by atomic mass is 10.0. The standard InChI is InChI=1S/C26H22N2O4S/c1-18-10-13-22(14-11-18)33(30,31)28-27-17-24-23-9-4-3-7-20(23)12-15-25(24)32-26(29)21-8-5-6-19(2)16-21/h3-17,28H,1-2H3/b27-17+. The molecule has 0 spiro atoms. The fraction of sp³-hybridized carbons (Fsp3) is 0.0769. The molecule has 6 nitrogen and oxygen atoms in total. The number of sulfonamides is 1. The number of hydrogen-bond acceptors (Lipinski definition) is 5. The fourth-order valence-electron chi connectivity index (χ4n) is 3.36. The van der Waals surface area contributed by atoms with Gasteiger partial charge in [0.25, 0.3) is 10.0 Å². The van der Waals surface area contributed by atoms with E-state index in [-0.39, 0.29) is 10.6 Å². The van der Waals surface area contributed by atoms with Crippen molar-refractivity contribution in [1.29, 1.82) is 0 Å². The van der Waals surface area contributed by atoms with Crippen molar-refractivity contribution in [2.75, 3.05) is 0 Å². The van der Waals surface area contributed by atoms with E-state index < -0.39 is 16.0 Å². The molecule has 4 aromatic carbocycles. The number of fused-ring (bicyclic) bond motifs is 1. The van der Waals surface area contributed by atoms with E-state index in [1.165, 1.54) is 18.3 Å². The van der Waals surface area contributed by atoms with Crippen LogP contribution in [0.25, 0.3) is 10.8 Å². The Labute approximate surface area is 192 Å². The number of carbonyl (C=O) groups excluding carboxylic acids is 1. The molecule has 0 heterocycles. The SMILES string of the molecule is Cc1ccc(S(=O)(=O)N/N=C/c2c(OC(=O)c3cccc(C)c3)ccc3ccccc23)cc1. The van der Waals surface area contributed by atoms with Crippen LogP contribution >= 0.6 is 0 Å². The number of esters is 1. The summed E-state index contributed by atoms with van der Waals surface area (Å²) < 4.78 is 30.8. The van der Waals surface area contributed by atoms with E-state index >= 15 is 0 Å². The molecule has 0 amide bonds. The molecule has 4 aromatic rings. The molecule has 33 heavy (non-hydrogen) atoms. The minimum Gasteiger partial charge on any atom is -0.422 e. The van der Waals surface area contributed by atoms with Gasteiger partial charge in [-0.1, -0.05) is 65.7 Å². The van der Waals surface area contributed by atoms with Crippen molar-refractivity contribution in [3.63, 3.8) is 0 Å². The van der Waals surface area contributed by atoms with Crippen LogP contribution in [0.4, 0.5) is 0 Å². The van der Waals surface area contributed by atoms with E-state index in [0.29, 0.717) is 11.1 Å². The number of carbonyl (C=O) groups is 1. The van der Waals surface area contributed by atoms with Crippen LogP contribution < -0.4 is 9.57 Å². The lowest BCUT2D eigenvalue weighted by Gasteiger charge is -2.11. The Balaban J connectivity index is 1.66. The summed E-state index contributed by atoms with van der Waals surface area (Å²) in [5, 5.41) is 5.63. The first kappa shape index (κ1) is 22.2. The van der Waals surface area contributed by atoms with Crippen molar-refractivity contribution >= 4 is 33.0 Å². The third-order valence-corrected chi connectivity index (χ3v) is 6.32. The molecule has 166 valence electrons. The smallest absolute Gasteiger partial charge is 0.343 e. The van der Waals surface area contributed by atoms with Crippen LogP contribution in [0.2, 0.25) is 0 Å². The summed E-state index contributed by atoms with van der Waals surface area (Å²) in [5.41, 5.74) is 2.80. The minimum atomic E-state index is -3.84. The van der Waals surface area contributed by atoms with Crippen molar-refractivity contribution in [2.24, 2.45) is 5.10 Å². The minimum absolute atomic E-state index is 0.106. The van der Waals surface area contributed by atoms with E-state index in [0.717, 1.165) is 21.9 Å². The van der Waals surface area contributed by atoms with Gasteiger partial charge in [-0.3, -0.25) is 0 Å². The predicted octanol–water partition coefficient (Wildman–Crippen LogP) is 4.99. The van der Waals surface area contributed by atoms with Crippen molar-refractivity contribution in [1.82, 2.24) is 4.83 Å². The molecule has 0 bridgehead atoms. The van der Waals surface area contributed by atoms with E-state index in [1.807, 2.05) is 50.2 Å². The van der Waals surface area contributed by atoms with E-state index in [9.17, 15) is 13.2 Å². The number of rotatable bonds is 6. The van der Waals surface area contributed by atoms with Gasteiger partial charge in [0.2, 0.25) is 0 Å². The first-order chi connectivity index (χ1) is 15.8. The van der Waals surface area contributed by atoms with Crippen molar-refractivity contribution < 1.29 is 17.9 Å². The van der Waals surface area contributed by atoms with Gasteiger partial charge in [0.1, 0.15) is 5.75 Å². The lowest BCUT2D eigenvalue weighted by Crippen LogP contribution is -2.18. The highest BCUT2D eigenvalue weighted by Crippen LogP contribution is 2.27. The molecule has 7 heteroatoms. The van der Waals surface area contributed by atoms with Gasteiger partial charge in [-0.25, -0.2) is 9.63 Å². The number of hydrogen-bond donors (Lipinski definition) is 1. The molecule has 1 N–H and O–H groups in total. The Morgan fingerprint density at radius 3 is 2.39 bits per heavy atom. The van der Waals surface area contributed by atoms with Gasteiger partial charge in [-0.2, -0.15) is 13.5 Å². The summed E-state index contributed by atoms with van der Waals surface area (Å²) in [7, 11) is -3.84. The van der Waals surface area contributed by atoms with Crippen LogP contribution in [0, 0.1) is 13.8 Å². The monoisotopic (exact) mass is 458 g/mol. The average molecular weight is 459 g/mol. The Morgan fingerprint density at radius 1 is 0.879 bits per heavy atom. The molecule has 0 aliphatic heterocycles. The third-order valence-electron chi connectivity index (χ3n) is 5.08. The van der Waals surface area contributed by atoms with Crippen molar-refractivity contribution in [3.05, 3.63) is 107 Å². The largest absolute Gasteiger partial charge is 0.422 e. The predicted molar refractivity (Wildman–Crippen MR) is 129 cm³/mol. The van der Waals surface area contributed by atoms with Gasteiger partial charge in [0, 0.05) is 5.56 Å². The van der Waals surface area contributed by atoms with E-state index in [2.05, 4.69) is 9.93 Å². The number of ether oxygens (including phenoxy) is 1. The van der Waals surface area contributed by atoms with Crippen LogP contribution in [-0.2, 0) is 10.0 Å². The van der Waals surface area contributed by atoms with E-state index in [4.69, 9.17) is 4.74 Å². The summed E-state index contributed by atoms with van der Waals surface area (Å²) in [6.45, 7) is 3.77. The van der Waals surface area contributed by atoms with Crippen LogP contribution in [0.5, 0.6) is 5.75 Å². The number of nitrogens with zero attached hydrogens (tertiary/aromatic N) is 1. The number of nitrogens with one attached hydrogen (secondary N) is 1. The molecule has 0 aliphatic rings. The summed E-state index contributed by atoms with van der Waals surface area (Å²) in [4.78, 5) is 15.1. The van der Waals surface area contributed by atoms with Crippen LogP contribution in [-0.4, -0.2) is 20.6 Å². The maximum Gasteiger partial charge on any atom is 0.343 e. The maximum absolute atomic E-state index is 12.7. The zero-order valence-corrected chi connectivity index (χ0v) is 19.0. The van der Waals surface area contributed by atoms with Gasteiger partial charge in [-0.15, -0.1) is 0 Å². The molecule has 0 saturated heterocycles. The highest BCUT2D eigenvalue weighted by atomic mass is 32.2. The second-order valence-corrected chi connectivity index (χ2v) is 9.28. The molecular weight excluding hydrogens is 436 g/mol. The summed E-state index contributed by atoms with van der Waals surface area (Å²) in [5.74, 6) is -0.234. The number of hydrazone groups is 1. The first-order valence-corrected chi connectivity index (χ1v) is 11.7. The topological polar surface area (TPSA) is 84.8 Å².